The van der Waals surface area contributed by atoms with Crippen molar-refractivity contribution in [2.24, 2.45) is 0 Å². The average Bonchev–Trinajstić information content (AvgIpc) is 3.63. The number of benzene rings is 5. The van der Waals surface area contributed by atoms with Crippen molar-refractivity contribution in [1.29, 1.82) is 10.5 Å². The first kappa shape index (κ1) is 30.2. The van der Waals surface area contributed by atoms with Gasteiger partial charge in [-0.1, -0.05) is 78.9 Å². The van der Waals surface area contributed by atoms with Crippen LogP contribution in [0.25, 0.3) is 43.1 Å². The summed E-state index contributed by atoms with van der Waals surface area (Å²) in [4.78, 5) is 35.9. The van der Waals surface area contributed by atoms with Gasteiger partial charge in [-0.2, -0.15) is 0 Å². The summed E-state index contributed by atoms with van der Waals surface area (Å²) in [5.74, 6) is 0. The van der Waals surface area contributed by atoms with Crippen LogP contribution < -0.4 is 0 Å². The summed E-state index contributed by atoms with van der Waals surface area (Å²) >= 11 is 2.09. The molecule has 0 N–H and O–H groups in total. The first-order chi connectivity index (χ1) is 23.5. The molecule has 0 heterocycles. The highest BCUT2D eigenvalue weighted by Gasteiger charge is 2.31. The van der Waals surface area contributed by atoms with Gasteiger partial charge in [0.25, 0.3) is 11.4 Å². The minimum atomic E-state index is -0.206. The molecule has 0 saturated carbocycles. The largest absolute Gasteiger partial charge is 0.281 e. The molecule has 0 radical (unpaired) electrons. The van der Waals surface area contributed by atoms with E-state index in [1.165, 1.54) is 0 Å². The van der Waals surface area contributed by atoms with Crippen molar-refractivity contribution in [2.45, 2.75) is 9.79 Å². The summed E-state index contributed by atoms with van der Waals surface area (Å²) in [5, 5.41) is 18.9. The number of rotatable bonds is 4. The molecule has 6 nitrogen and oxygen atoms in total. The van der Waals surface area contributed by atoms with Gasteiger partial charge in [-0.25, -0.2) is 20.2 Å². The SMILES string of the molecule is [C-]#[N+]/C(C#N)=C1/c2ccccc2-c2c(C(=O)Sc3cccc(SC(=O)c4cccc5c4-c4ccccc4/C5=C(/C#N)[N+]#[C-])c3)cccc21. The molecule has 0 atom stereocenters. The summed E-state index contributed by atoms with van der Waals surface area (Å²) in [6, 6.07) is 36.9. The third-order valence-electron chi connectivity index (χ3n) is 8.17. The van der Waals surface area contributed by atoms with Crippen molar-refractivity contribution in [3.8, 4) is 34.4 Å². The number of carbonyl (C=O) groups is 2. The van der Waals surface area contributed by atoms with Crippen LogP contribution in [0.4, 0.5) is 0 Å². The van der Waals surface area contributed by atoms with Gasteiger partial charge in [0.1, 0.15) is 0 Å². The molecule has 0 bridgehead atoms. The molecule has 8 heteroatoms. The third-order valence-corrected chi connectivity index (χ3v) is 9.96. The monoisotopic (exact) mass is 650 g/mol. The summed E-state index contributed by atoms with van der Waals surface area (Å²) in [7, 11) is 0. The molecule has 0 saturated heterocycles. The van der Waals surface area contributed by atoms with E-state index in [0.29, 0.717) is 54.3 Å². The molecular weight excluding hydrogens is 633 g/mol. The molecule has 48 heavy (non-hydrogen) atoms. The molecule has 0 spiro atoms. The molecule has 7 rings (SSSR count). The molecule has 0 unspecified atom stereocenters. The zero-order valence-electron chi connectivity index (χ0n) is 24.8. The van der Waals surface area contributed by atoms with Crippen LogP contribution in [-0.4, -0.2) is 10.2 Å². The predicted octanol–water partition coefficient (Wildman–Crippen LogP) is 9.92. The summed E-state index contributed by atoms with van der Waals surface area (Å²) < 4.78 is 0. The van der Waals surface area contributed by atoms with E-state index in [2.05, 4.69) is 9.69 Å². The molecule has 0 amide bonds. The fourth-order valence-corrected chi connectivity index (χ4v) is 8.01. The van der Waals surface area contributed by atoms with Crippen molar-refractivity contribution < 1.29 is 9.59 Å². The smallest absolute Gasteiger partial charge is 0.270 e. The second kappa shape index (κ2) is 12.4. The first-order valence-corrected chi connectivity index (χ1v) is 16.2. The molecule has 2 aliphatic carbocycles. The molecule has 5 aromatic rings. The summed E-state index contributed by atoms with van der Waals surface area (Å²) in [6.45, 7) is 15.1. The van der Waals surface area contributed by atoms with Gasteiger partial charge in [0.05, 0.1) is 25.3 Å². The number of allylic oxidation sites excluding steroid dienone is 2. The van der Waals surface area contributed by atoms with Gasteiger partial charge in [-0.05, 0) is 87.2 Å². The van der Waals surface area contributed by atoms with E-state index in [9.17, 15) is 20.1 Å². The quantitative estimate of drug-likeness (QED) is 0.107. The topological polar surface area (TPSA) is 90.4 Å². The van der Waals surface area contributed by atoms with E-state index in [4.69, 9.17) is 13.1 Å². The zero-order valence-corrected chi connectivity index (χ0v) is 26.4. The van der Waals surface area contributed by atoms with Crippen LogP contribution >= 0.6 is 23.5 Å². The minimum Gasteiger partial charge on any atom is -0.281 e. The van der Waals surface area contributed by atoms with Crippen LogP contribution in [0.15, 0.2) is 130 Å². The van der Waals surface area contributed by atoms with E-state index in [-0.39, 0.29) is 21.6 Å². The van der Waals surface area contributed by atoms with E-state index in [1.807, 2.05) is 84.9 Å². The second-order valence-electron chi connectivity index (χ2n) is 10.7. The van der Waals surface area contributed by atoms with Crippen molar-refractivity contribution in [3.63, 3.8) is 0 Å². The van der Waals surface area contributed by atoms with Crippen LogP contribution in [0, 0.1) is 35.8 Å². The maximum absolute atomic E-state index is 13.8. The van der Waals surface area contributed by atoms with Crippen LogP contribution in [0.2, 0.25) is 0 Å². The second-order valence-corrected chi connectivity index (χ2v) is 12.8. The Hall–Kier alpha value is -6.42. The number of fused-ring (bicyclic) bond motifs is 6. The molecule has 0 aliphatic heterocycles. The van der Waals surface area contributed by atoms with Crippen molar-refractivity contribution in [3.05, 3.63) is 177 Å². The Morgan fingerprint density at radius 3 is 1.29 bits per heavy atom. The lowest BCUT2D eigenvalue weighted by atomic mass is 9.99. The van der Waals surface area contributed by atoms with E-state index in [1.54, 1.807) is 36.4 Å². The van der Waals surface area contributed by atoms with E-state index < -0.39 is 0 Å². The lowest BCUT2D eigenvalue weighted by Gasteiger charge is -2.10. The molecule has 2 aliphatic rings. The van der Waals surface area contributed by atoms with Gasteiger partial charge in [0.15, 0.2) is 0 Å². The molecule has 0 fully saturated rings. The fourth-order valence-electron chi connectivity index (χ4n) is 6.28. The number of thioether (sulfide) groups is 2. The molecular formula is C40H18N4O2S2. The Balaban J connectivity index is 1.20. The molecule has 222 valence electrons. The van der Waals surface area contributed by atoms with Gasteiger partial charge < -0.3 is 0 Å². The summed E-state index contributed by atoms with van der Waals surface area (Å²) in [6.07, 6.45) is 0. The lowest BCUT2D eigenvalue weighted by Crippen LogP contribution is -1.99. The molecule has 5 aromatic carbocycles. The Bertz CT molecular complexity index is 2300. The van der Waals surface area contributed by atoms with E-state index >= 15 is 0 Å². The maximum Gasteiger partial charge on any atom is 0.270 e. The minimum absolute atomic E-state index is 0.0236. The van der Waals surface area contributed by atoms with Crippen molar-refractivity contribution in [2.75, 3.05) is 0 Å². The van der Waals surface area contributed by atoms with Crippen molar-refractivity contribution >= 4 is 44.9 Å². The number of hydrogen-bond donors (Lipinski definition) is 0. The van der Waals surface area contributed by atoms with Gasteiger partial charge in [-0.3, -0.25) is 9.59 Å². The number of nitrogens with zero attached hydrogens (tertiary/aromatic N) is 4. The maximum atomic E-state index is 13.8. The average molecular weight is 651 g/mol. The van der Waals surface area contributed by atoms with Crippen molar-refractivity contribution in [1.82, 2.24) is 0 Å². The fraction of sp³-hybridized carbons (Fsp3) is 0. The van der Waals surface area contributed by atoms with Crippen LogP contribution in [0.5, 0.6) is 0 Å². The third kappa shape index (κ3) is 4.91. The predicted molar refractivity (Wildman–Crippen MR) is 187 cm³/mol. The van der Waals surface area contributed by atoms with Gasteiger partial charge >= 0.3 is 0 Å². The van der Waals surface area contributed by atoms with Gasteiger partial charge in [0, 0.05) is 43.2 Å². The highest BCUT2D eigenvalue weighted by atomic mass is 32.2. The standard InChI is InChI=1S/C40H18N4O2S2/c1-43-33(21-41)37-27-14-5-3-12-25(27)35-29(37)16-8-18-31(35)39(45)47-23-10-7-11-24(20-23)48-40(46)32-19-9-17-30-36(32)26-13-4-6-15-28(26)38(30)34(22-42)44-2/h3-20H/b37-33-,38-34+. The van der Waals surface area contributed by atoms with Crippen LogP contribution in [0.3, 0.4) is 0 Å². The molecule has 0 aromatic heterocycles. The van der Waals surface area contributed by atoms with E-state index in [0.717, 1.165) is 45.8 Å². The number of carbonyl (C=O) groups excluding carboxylic acids is 2. The highest BCUT2D eigenvalue weighted by Crippen LogP contribution is 2.50. The number of nitriles is 2. The normalized spacial score (nSPS) is 13.8. The zero-order chi connectivity index (χ0) is 33.4. The Kier molecular flexibility index (Phi) is 7.82. The lowest BCUT2D eigenvalue weighted by molar-refractivity contribution is 0.108. The Morgan fingerprint density at radius 2 is 0.896 bits per heavy atom. The Labute approximate surface area is 284 Å². The van der Waals surface area contributed by atoms with Crippen LogP contribution in [-0.2, 0) is 0 Å². The summed E-state index contributed by atoms with van der Waals surface area (Å²) in [5.41, 5.74) is 7.80. The number of hydrogen-bond acceptors (Lipinski definition) is 6. The Morgan fingerprint density at radius 1 is 0.521 bits per heavy atom. The highest BCUT2D eigenvalue weighted by molar-refractivity contribution is 8.14. The van der Waals surface area contributed by atoms with Gasteiger partial charge in [0.2, 0.25) is 10.2 Å². The van der Waals surface area contributed by atoms with Crippen LogP contribution in [0.1, 0.15) is 43.0 Å². The first-order valence-electron chi connectivity index (χ1n) is 14.5. The van der Waals surface area contributed by atoms with Gasteiger partial charge in [-0.15, -0.1) is 0 Å².